The normalized spacial score (nSPS) is 21.8. The van der Waals surface area contributed by atoms with Gasteiger partial charge in [0.1, 0.15) is 5.75 Å². The van der Waals surface area contributed by atoms with Gasteiger partial charge in [0.15, 0.2) is 0 Å². The molecule has 2 aliphatic heterocycles. The minimum atomic E-state index is 0.0700. The van der Waals surface area contributed by atoms with Crippen molar-refractivity contribution in [2.45, 2.75) is 12.8 Å². The van der Waals surface area contributed by atoms with Crippen LogP contribution < -0.4 is 4.74 Å². The van der Waals surface area contributed by atoms with Gasteiger partial charge < -0.3 is 14.7 Å². The summed E-state index contributed by atoms with van der Waals surface area (Å²) < 4.78 is 5.44. The van der Waals surface area contributed by atoms with E-state index in [1.165, 1.54) is 0 Å². The number of carbonyl (C=O) groups is 1. The molecular formula is C14H17NO3. The summed E-state index contributed by atoms with van der Waals surface area (Å²) in [5, 5.41) is 9.11. The first-order valence-electron chi connectivity index (χ1n) is 6.44. The molecule has 0 aromatic heterocycles. The first-order chi connectivity index (χ1) is 8.78. The zero-order valence-electron chi connectivity index (χ0n) is 10.3. The van der Waals surface area contributed by atoms with Gasteiger partial charge in [-0.25, -0.2) is 0 Å². The molecule has 18 heavy (non-hydrogen) atoms. The molecule has 0 aliphatic carbocycles. The van der Waals surface area contributed by atoms with E-state index in [0.717, 1.165) is 36.3 Å². The van der Waals surface area contributed by atoms with Crippen LogP contribution >= 0.6 is 0 Å². The van der Waals surface area contributed by atoms with E-state index in [9.17, 15) is 4.79 Å². The van der Waals surface area contributed by atoms with E-state index in [-0.39, 0.29) is 18.4 Å². The van der Waals surface area contributed by atoms with E-state index in [4.69, 9.17) is 9.84 Å². The van der Waals surface area contributed by atoms with Gasteiger partial charge in [0.05, 0.1) is 6.61 Å². The van der Waals surface area contributed by atoms with Crippen molar-refractivity contribution in [1.29, 1.82) is 0 Å². The van der Waals surface area contributed by atoms with Gasteiger partial charge in [0.2, 0.25) is 0 Å². The fraction of sp³-hybridized carbons (Fsp3) is 0.500. The fourth-order valence-corrected chi connectivity index (χ4v) is 2.67. The minimum absolute atomic E-state index is 0.0700. The van der Waals surface area contributed by atoms with Crippen molar-refractivity contribution >= 4 is 5.91 Å². The topological polar surface area (TPSA) is 49.8 Å². The summed E-state index contributed by atoms with van der Waals surface area (Å²) in [6, 6.07) is 5.66. The van der Waals surface area contributed by atoms with Crippen molar-refractivity contribution in [3.8, 4) is 5.75 Å². The molecule has 1 N–H and O–H groups in total. The lowest BCUT2D eigenvalue weighted by Gasteiger charge is -2.16. The molecule has 4 nitrogen and oxygen atoms in total. The van der Waals surface area contributed by atoms with Crippen molar-refractivity contribution in [2.24, 2.45) is 5.92 Å². The molecule has 1 unspecified atom stereocenters. The lowest BCUT2D eigenvalue weighted by atomic mass is 10.1. The Bertz CT molecular complexity index is 472. The average Bonchev–Trinajstić information content (AvgIpc) is 3.05. The highest BCUT2D eigenvalue weighted by atomic mass is 16.5. The number of likely N-dealkylation sites (tertiary alicyclic amines) is 1. The van der Waals surface area contributed by atoms with Gasteiger partial charge in [-0.2, -0.15) is 0 Å². The molecule has 0 radical (unpaired) electrons. The molecule has 96 valence electrons. The molecule has 1 saturated heterocycles. The van der Waals surface area contributed by atoms with E-state index in [1.807, 2.05) is 23.1 Å². The van der Waals surface area contributed by atoms with Gasteiger partial charge in [-0.1, -0.05) is 0 Å². The van der Waals surface area contributed by atoms with Crippen LogP contribution in [-0.2, 0) is 6.42 Å². The Kier molecular flexibility index (Phi) is 2.96. The van der Waals surface area contributed by atoms with E-state index in [1.54, 1.807) is 0 Å². The number of fused-ring (bicyclic) bond motifs is 1. The summed E-state index contributed by atoms with van der Waals surface area (Å²) in [6.45, 7) is 2.30. The lowest BCUT2D eigenvalue weighted by molar-refractivity contribution is 0.0782. The Hall–Kier alpha value is -1.55. The smallest absolute Gasteiger partial charge is 0.253 e. The Morgan fingerprint density at radius 1 is 1.50 bits per heavy atom. The van der Waals surface area contributed by atoms with Gasteiger partial charge in [0.25, 0.3) is 5.91 Å². The molecule has 1 aromatic carbocycles. The third-order valence-electron chi connectivity index (χ3n) is 3.77. The highest BCUT2D eigenvalue weighted by Crippen LogP contribution is 2.27. The Morgan fingerprint density at radius 2 is 2.39 bits per heavy atom. The third kappa shape index (κ3) is 1.97. The quantitative estimate of drug-likeness (QED) is 0.850. The van der Waals surface area contributed by atoms with E-state index >= 15 is 0 Å². The maximum absolute atomic E-state index is 12.3. The van der Waals surface area contributed by atoms with Crippen molar-refractivity contribution in [3.63, 3.8) is 0 Å². The first-order valence-corrected chi connectivity index (χ1v) is 6.44. The number of hydrogen-bond acceptors (Lipinski definition) is 3. The average molecular weight is 247 g/mol. The summed E-state index contributed by atoms with van der Waals surface area (Å²) in [5.41, 5.74) is 1.86. The highest BCUT2D eigenvalue weighted by molar-refractivity contribution is 5.94. The lowest BCUT2D eigenvalue weighted by Crippen LogP contribution is -2.29. The van der Waals surface area contributed by atoms with E-state index in [0.29, 0.717) is 13.2 Å². The van der Waals surface area contributed by atoms with Crippen LogP contribution in [0.2, 0.25) is 0 Å². The van der Waals surface area contributed by atoms with Crippen LogP contribution in [0.3, 0.4) is 0 Å². The van der Waals surface area contributed by atoms with E-state index < -0.39 is 0 Å². The van der Waals surface area contributed by atoms with Gasteiger partial charge >= 0.3 is 0 Å². The van der Waals surface area contributed by atoms with Gasteiger partial charge in [0, 0.05) is 37.6 Å². The molecule has 1 atom stereocenters. The van der Waals surface area contributed by atoms with Crippen molar-refractivity contribution in [3.05, 3.63) is 29.3 Å². The predicted molar refractivity (Wildman–Crippen MR) is 66.7 cm³/mol. The first kappa shape index (κ1) is 11.5. The standard InChI is InChI=1S/C14H17NO3/c16-9-10-3-5-15(8-10)14(17)12-1-2-13-11(7-12)4-6-18-13/h1-2,7,10,16H,3-6,8-9H2. The van der Waals surface area contributed by atoms with Gasteiger partial charge in [-0.05, 0) is 30.2 Å². The van der Waals surface area contributed by atoms with Crippen LogP contribution in [0.5, 0.6) is 5.75 Å². The van der Waals surface area contributed by atoms with Crippen molar-refractivity contribution < 1.29 is 14.6 Å². The van der Waals surface area contributed by atoms with Crippen LogP contribution in [0.15, 0.2) is 18.2 Å². The van der Waals surface area contributed by atoms with Crippen molar-refractivity contribution in [1.82, 2.24) is 4.90 Å². The number of nitrogens with zero attached hydrogens (tertiary/aromatic N) is 1. The molecule has 0 saturated carbocycles. The Labute approximate surface area is 106 Å². The maximum Gasteiger partial charge on any atom is 0.253 e. The second-order valence-corrected chi connectivity index (χ2v) is 5.01. The molecule has 4 heteroatoms. The summed E-state index contributed by atoms with van der Waals surface area (Å²) in [5.74, 6) is 1.22. The van der Waals surface area contributed by atoms with Crippen molar-refractivity contribution in [2.75, 3.05) is 26.3 Å². The largest absolute Gasteiger partial charge is 0.493 e. The number of amides is 1. The fourth-order valence-electron chi connectivity index (χ4n) is 2.67. The molecule has 1 amide bonds. The second-order valence-electron chi connectivity index (χ2n) is 5.01. The zero-order valence-corrected chi connectivity index (χ0v) is 10.3. The van der Waals surface area contributed by atoms with Crippen LogP contribution in [0.25, 0.3) is 0 Å². The minimum Gasteiger partial charge on any atom is -0.493 e. The zero-order chi connectivity index (χ0) is 12.5. The molecular weight excluding hydrogens is 230 g/mol. The number of carbonyl (C=O) groups excluding carboxylic acids is 1. The molecule has 3 rings (SSSR count). The van der Waals surface area contributed by atoms with Gasteiger partial charge in [-0.15, -0.1) is 0 Å². The van der Waals surface area contributed by atoms with Crippen LogP contribution in [0.1, 0.15) is 22.3 Å². The summed E-state index contributed by atoms with van der Waals surface area (Å²) in [6.07, 6.45) is 1.78. The Balaban J connectivity index is 1.77. The number of hydrogen-bond donors (Lipinski definition) is 1. The molecule has 0 bridgehead atoms. The number of benzene rings is 1. The summed E-state index contributed by atoms with van der Waals surface area (Å²) in [7, 11) is 0. The molecule has 2 aliphatic rings. The Morgan fingerprint density at radius 3 is 3.17 bits per heavy atom. The SMILES string of the molecule is O=C(c1ccc2c(c1)CCO2)N1CCC(CO)C1. The number of ether oxygens (including phenoxy) is 1. The summed E-state index contributed by atoms with van der Waals surface area (Å²) in [4.78, 5) is 14.1. The van der Waals surface area contributed by atoms with Crippen LogP contribution in [0, 0.1) is 5.92 Å². The second kappa shape index (κ2) is 4.61. The molecule has 1 aromatic rings. The number of rotatable bonds is 2. The molecule has 1 fully saturated rings. The summed E-state index contributed by atoms with van der Waals surface area (Å²) >= 11 is 0. The molecule has 2 heterocycles. The highest BCUT2D eigenvalue weighted by Gasteiger charge is 2.27. The van der Waals surface area contributed by atoms with Crippen LogP contribution in [0.4, 0.5) is 0 Å². The molecule has 0 spiro atoms. The van der Waals surface area contributed by atoms with E-state index in [2.05, 4.69) is 0 Å². The maximum atomic E-state index is 12.3. The van der Waals surface area contributed by atoms with Crippen LogP contribution in [-0.4, -0.2) is 42.2 Å². The third-order valence-corrected chi connectivity index (χ3v) is 3.77. The monoisotopic (exact) mass is 247 g/mol. The predicted octanol–water partition coefficient (Wildman–Crippen LogP) is 1.08. The number of aliphatic hydroxyl groups is 1. The van der Waals surface area contributed by atoms with Gasteiger partial charge in [-0.3, -0.25) is 4.79 Å². The number of aliphatic hydroxyl groups excluding tert-OH is 1.